The molecule has 2 saturated heterocycles. The zero-order valence-electron chi connectivity index (χ0n) is 19.2. The molecule has 2 aliphatic heterocycles. The largest absolute Gasteiger partial charge is 0.414 e. The minimum Gasteiger partial charge on any atom is -0.414 e. The first-order chi connectivity index (χ1) is 15.3. The van der Waals surface area contributed by atoms with E-state index >= 15 is 0 Å². The van der Waals surface area contributed by atoms with Crippen molar-refractivity contribution in [3.05, 3.63) is 16.7 Å². The van der Waals surface area contributed by atoms with E-state index in [-0.39, 0.29) is 28.8 Å². The van der Waals surface area contributed by atoms with Crippen molar-refractivity contribution >= 4 is 65.5 Å². The Kier molecular flexibility index (Phi) is 7.25. The number of nitrogens with two attached hydrogens (primary N) is 1. The van der Waals surface area contributed by atoms with Crippen LogP contribution in [0, 0.1) is 0 Å². The predicted molar refractivity (Wildman–Crippen MR) is 141 cm³/mol. The van der Waals surface area contributed by atoms with Crippen molar-refractivity contribution in [1.82, 2.24) is 19.5 Å². The number of fused-ring (bicyclic) bond motifs is 1. The molecule has 0 unspecified atom stereocenters. The number of rotatable bonds is 6. The van der Waals surface area contributed by atoms with Gasteiger partial charge >= 0.3 is 0 Å². The number of H-pyrrole nitrogens is 1. The summed E-state index contributed by atoms with van der Waals surface area (Å²) in [5.41, 5.74) is 5.65. The Balaban J connectivity index is 1.64. The summed E-state index contributed by atoms with van der Waals surface area (Å²) in [6.07, 6.45) is -1.65. The number of nitrogens with one attached hydrogen (secondary N) is 1. The molecule has 4 atom stereocenters. The van der Waals surface area contributed by atoms with Crippen molar-refractivity contribution < 1.29 is 18.8 Å². The van der Waals surface area contributed by atoms with Crippen LogP contribution < -0.4 is 11.3 Å². The van der Waals surface area contributed by atoms with E-state index in [1.807, 2.05) is 0 Å². The van der Waals surface area contributed by atoms with E-state index in [1.165, 1.54) is 10.9 Å². The van der Waals surface area contributed by atoms with E-state index < -0.39 is 43.5 Å². The molecule has 0 spiro atoms. The highest BCUT2D eigenvalue weighted by molar-refractivity contribution is 9.15. The summed E-state index contributed by atoms with van der Waals surface area (Å²) in [4.78, 5) is 23.0. The van der Waals surface area contributed by atoms with Gasteiger partial charge in [0.2, 0.25) is 5.95 Å². The van der Waals surface area contributed by atoms with Gasteiger partial charge in [-0.15, -0.1) is 12.2 Å². The third-order valence-electron chi connectivity index (χ3n) is 6.30. The molecule has 0 aromatic carbocycles. The predicted octanol–water partition coefficient (Wildman–Crippen LogP) is 3.45. The molecule has 2 aromatic rings. The number of aromatic amines is 1. The standard InChI is InChI=1S/C18H31N5O5PS3Si/c1-18(2,3)33(4,5)26-8-10-13(28-29(30)31-6-7-32-29)12(24)16(27-10)23-9-20-11-14(23)21-17(19)22-15(11)25/h9-10,12-13,16,24,30H,6-8H2,1-5H3,(H3,19,21,22,25)/t10-,12-,13-,16-/m1/s1. The molecule has 2 aromatic heterocycles. The minimum atomic E-state index is -2.08. The Morgan fingerprint density at radius 1 is 1.42 bits per heavy atom. The monoisotopic (exact) mass is 552 g/mol. The lowest BCUT2D eigenvalue weighted by atomic mass is 10.1. The van der Waals surface area contributed by atoms with Crippen LogP contribution >= 0.6 is 40.1 Å². The third-order valence-corrected chi connectivity index (χ3v) is 20.8. The topological polar surface area (TPSA) is 138 Å². The highest BCUT2D eigenvalue weighted by atomic mass is 33.4. The van der Waals surface area contributed by atoms with Gasteiger partial charge in [-0.3, -0.25) is 14.3 Å². The number of hydrogen-bond acceptors (Lipinski definition) is 11. The fourth-order valence-corrected chi connectivity index (χ4v) is 14.0. The minimum absolute atomic E-state index is 0.0257. The fraction of sp³-hybridized carbons (Fsp3) is 0.722. The molecule has 0 bridgehead atoms. The maximum absolute atomic E-state index is 12.2. The molecule has 15 heteroatoms. The number of nitrogens with zero attached hydrogens (tertiary/aromatic N) is 3. The van der Waals surface area contributed by atoms with Gasteiger partial charge in [0.05, 0.1) is 12.9 Å². The zero-order valence-corrected chi connectivity index (χ0v) is 23.6. The Labute approximate surface area is 207 Å². The Morgan fingerprint density at radius 3 is 2.73 bits per heavy atom. The number of thiol groups is 1. The van der Waals surface area contributed by atoms with Gasteiger partial charge in [0.1, 0.15) is 23.4 Å². The van der Waals surface area contributed by atoms with Crippen LogP contribution in [0.25, 0.3) is 11.2 Å². The van der Waals surface area contributed by atoms with Crippen molar-refractivity contribution in [2.75, 3.05) is 23.8 Å². The number of imidazole rings is 1. The number of anilines is 1. The van der Waals surface area contributed by atoms with Crippen LogP contribution in [0.4, 0.5) is 5.95 Å². The van der Waals surface area contributed by atoms with Gasteiger partial charge in [-0.2, -0.15) is 4.98 Å². The maximum atomic E-state index is 12.2. The molecule has 4 N–H and O–H groups in total. The van der Waals surface area contributed by atoms with Crippen LogP contribution in [0.3, 0.4) is 0 Å². The Hall–Kier alpha value is -0.313. The average molecular weight is 553 g/mol. The van der Waals surface area contributed by atoms with Crippen LogP contribution in [0.2, 0.25) is 18.1 Å². The molecule has 0 amide bonds. The second-order valence-electron chi connectivity index (χ2n) is 9.61. The number of aliphatic hydroxyl groups is 1. The molecular formula is C18H31N5O5PS3Si. The van der Waals surface area contributed by atoms with Crippen molar-refractivity contribution in [2.45, 2.75) is 63.4 Å². The molecule has 185 valence electrons. The molecule has 0 aliphatic carbocycles. The summed E-state index contributed by atoms with van der Waals surface area (Å²) in [6.45, 7) is 11.1. The van der Waals surface area contributed by atoms with Crippen molar-refractivity contribution in [3.8, 4) is 0 Å². The number of aromatic nitrogens is 4. The fourth-order valence-electron chi connectivity index (χ4n) is 3.41. The highest BCUT2D eigenvalue weighted by Crippen LogP contribution is 2.87. The molecule has 0 saturated carbocycles. The molecule has 1 radical (unpaired) electrons. The van der Waals surface area contributed by atoms with Crippen LogP contribution in [0.5, 0.6) is 0 Å². The highest BCUT2D eigenvalue weighted by Gasteiger charge is 2.51. The Morgan fingerprint density at radius 2 is 2.09 bits per heavy atom. The number of hydrogen-bond donors (Lipinski definition) is 4. The summed E-state index contributed by atoms with van der Waals surface area (Å²) in [6, 6.07) is 0. The van der Waals surface area contributed by atoms with E-state index in [4.69, 9.17) is 31.7 Å². The smallest absolute Gasteiger partial charge is 0.280 e. The van der Waals surface area contributed by atoms with Gasteiger partial charge in [-0.25, -0.2) is 4.98 Å². The van der Waals surface area contributed by atoms with Gasteiger partial charge in [0, 0.05) is 11.5 Å². The van der Waals surface area contributed by atoms with Crippen molar-refractivity contribution in [2.24, 2.45) is 0 Å². The summed E-state index contributed by atoms with van der Waals surface area (Å²) < 4.78 is 20.7. The average Bonchev–Trinajstić information content (AvgIpc) is 3.39. The van der Waals surface area contributed by atoms with E-state index in [0.29, 0.717) is 0 Å². The molecule has 4 rings (SSSR count). The van der Waals surface area contributed by atoms with Crippen LogP contribution in [-0.2, 0) is 13.7 Å². The lowest BCUT2D eigenvalue weighted by molar-refractivity contribution is -0.0483. The van der Waals surface area contributed by atoms with Crippen molar-refractivity contribution in [3.63, 3.8) is 0 Å². The normalized spacial score (nSPS) is 28.1. The van der Waals surface area contributed by atoms with E-state index in [1.54, 1.807) is 22.8 Å². The summed E-state index contributed by atoms with van der Waals surface area (Å²) in [5, 5.41) is 9.28. The zero-order chi connectivity index (χ0) is 24.2. The van der Waals surface area contributed by atoms with Crippen LogP contribution in [-0.4, -0.2) is 69.4 Å². The summed E-state index contributed by atoms with van der Waals surface area (Å²) in [5.74, 6) is 1.88. The van der Waals surface area contributed by atoms with E-state index in [9.17, 15) is 9.90 Å². The maximum Gasteiger partial charge on any atom is 0.280 e. The first-order valence-electron chi connectivity index (χ1n) is 10.6. The number of aliphatic hydroxyl groups excluding tert-OH is 1. The lowest BCUT2D eigenvalue weighted by Crippen LogP contribution is -2.45. The SMILES string of the molecule is CC(C)(C)[Si](C)(C)OC[C@H]1O[C@@H](n2cnc3c(=O)[nH]c(N)nc32)[C@H](O)[C@@H]1O[P]1(S)SCCS1. The van der Waals surface area contributed by atoms with E-state index in [0.717, 1.165) is 11.5 Å². The molecule has 4 heterocycles. The second-order valence-corrected chi connectivity index (χ2v) is 25.5. The molecular weight excluding hydrogens is 521 g/mol. The first-order valence-corrected chi connectivity index (χ1v) is 19.6. The third kappa shape index (κ3) is 5.14. The van der Waals surface area contributed by atoms with Gasteiger partial charge in [-0.1, -0.05) is 43.5 Å². The number of nitrogen functional groups attached to an aromatic ring is 1. The summed E-state index contributed by atoms with van der Waals surface area (Å²) >= 11 is 8.21. The lowest BCUT2D eigenvalue weighted by Gasteiger charge is -2.37. The van der Waals surface area contributed by atoms with Crippen molar-refractivity contribution in [1.29, 1.82) is 0 Å². The van der Waals surface area contributed by atoms with Gasteiger partial charge in [-0.05, 0) is 18.1 Å². The van der Waals surface area contributed by atoms with Gasteiger partial charge < -0.3 is 24.5 Å². The molecule has 10 nitrogen and oxygen atoms in total. The first kappa shape index (κ1) is 25.8. The van der Waals surface area contributed by atoms with Gasteiger partial charge in [0.25, 0.3) is 5.56 Å². The number of ether oxygens (including phenoxy) is 1. The van der Waals surface area contributed by atoms with E-state index in [2.05, 4.69) is 48.8 Å². The van der Waals surface area contributed by atoms with Gasteiger partial charge in [0.15, 0.2) is 25.7 Å². The van der Waals surface area contributed by atoms with Crippen LogP contribution in [0.1, 0.15) is 27.0 Å². The molecule has 2 aliphatic rings. The quantitative estimate of drug-likeness (QED) is 0.239. The molecule has 33 heavy (non-hydrogen) atoms. The Bertz CT molecular complexity index is 1070. The van der Waals surface area contributed by atoms with Crippen LogP contribution in [0.15, 0.2) is 11.1 Å². The second kappa shape index (κ2) is 9.29. The molecule has 2 fully saturated rings. The summed E-state index contributed by atoms with van der Waals surface area (Å²) in [7, 11) is -2.06.